The first-order valence-corrected chi connectivity index (χ1v) is 24.2. The van der Waals surface area contributed by atoms with Gasteiger partial charge in [0.25, 0.3) is 0 Å². The number of hydrogen-bond acceptors (Lipinski definition) is 7. The van der Waals surface area contributed by atoms with E-state index in [1.165, 1.54) is 68.1 Å². The average Bonchev–Trinajstić information content (AvgIpc) is 3.55. The second kappa shape index (κ2) is 14.6. The summed E-state index contributed by atoms with van der Waals surface area (Å²) in [6, 6.07) is 3.66. The molecule has 1 aromatic heterocycles. The summed E-state index contributed by atoms with van der Waals surface area (Å²) in [7, 11) is -2.87. The van der Waals surface area contributed by atoms with Crippen LogP contribution in [0.5, 0.6) is 5.75 Å². The van der Waals surface area contributed by atoms with Gasteiger partial charge in [0.05, 0.1) is 17.7 Å². The fourth-order valence-electron chi connectivity index (χ4n) is 15.2. The molecule has 7 aliphatic rings. The normalized spacial score (nSPS) is 42.3. The number of pyridine rings is 1. The van der Waals surface area contributed by atoms with Crippen LogP contribution in [0, 0.1) is 56.7 Å². The predicted molar refractivity (Wildman–Crippen MR) is 228 cm³/mol. The summed E-state index contributed by atoms with van der Waals surface area (Å²) in [4.78, 5) is 19.2. The van der Waals surface area contributed by atoms with Crippen LogP contribution in [0.25, 0.3) is 0 Å². The van der Waals surface area contributed by atoms with Crippen molar-refractivity contribution < 1.29 is 23.1 Å². The third-order valence-corrected chi connectivity index (χ3v) is 20.2. The van der Waals surface area contributed by atoms with Crippen molar-refractivity contribution in [2.45, 2.75) is 124 Å². The van der Waals surface area contributed by atoms with Crippen molar-refractivity contribution in [2.75, 3.05) is 44.3 Å². The number of nitrogens with zero attached hydrogens (tertiary/aromatic N) is 2. The van der Waals surface area contributed by atoms with Gasteiger partial charge in [-0.2, -0.15) is 0 Å². The molecule has 5 fully saturated rings. The minimum atomic E-state index is -2.87. The van der Waals surface area contributed by atoms with Gasteiger partial charge in [0.15, 0.2) is 9.84 Å². The Morgan fingerprint density at radius 1 is 0.965 bits per heavy atom. The minimum Gasteiger partial charge on any atom is -0.491 e. The van der Waals surface area contributed by atoms with Crippen LogP contribution in [0.1, 0.15) is 119 Å². The molecule has 0 amide bonds. The van der Waals surface area contributed by atoms with E-state index in [9.17, 15) is 18.3 Å². The zero-order valence-electron chi connectivity index (χ0n) is 35.9. The van der Waals surface area contributed by atoms with E-state index in [1.807, 2.05) is 12.1 Å². The van der Waals surface area contributed by atoms with Crippen molar-refractivity contribution in [2.24, 2.45) is 56.7 Å². The molecule has 8 rings (SSSR count). The van der Waals surface area contributed by atoms with Crippen molar-refractivity contribution in [1.82, 2.24) is 15.2 Å². The number of carbonyl (C=O) groups is 1. The maximum atomic E-state index is 12.7. The Morgan fingerprint density at radius 3 is 2.40 bits per heavy atom. The first-order valence-electron chi connectivity index (χ1n) is 22.4. The molecule has 10 atom stereocenters. The van der Waals surface area contributed by atoms with Crippen LogP contribution < -0.4 is 10.1 Å². The van der Waals surface area contributed by atoms with Gasteiger partial charge in [0.1, 0.15) is 17.8 Å². The second-order valence-electron chi connectivity index (χ2n) is 21.3. The molecule has 1 saturated heterocycles. The van der Waals surface area contributed by atoms with Crippen molar-refractivity contribution in [3.63, 3.8) is 0 Å². The lowest BCUT2D eigenvalue weighted by molar-refractivity contribution is -0.221. The maximum absolute atomic E-state index is 12.7. The molecule has 57 heavy (non-hydrogen) atoms. The lowest BCUT2D eigenvalue weighted by atomic mass is 9.33. The van der Waals surface area contributed by atoms with Gasteiger partial charge in [-0.1, -0.05) is 58.9 Å². The van der Waals surface area contributed by atoms with Gasteiger partial charge in [-0.05, 0) is 159 Å². The summed E-state index contributed by atoms with van der Waals surface area (Å²) in [6.07, 6.45) is 21.2. The summed E-state index contributed by atoms with van der Waals surface area (Å²) in [5.74, 6) is 3.48. The number of aromatic nitrogens is 1. The van der Waals surface area contributed by atoms with Crippen molar-refractivity contribution >= 4 is 15.8 Å². The van der Waals surface area contributed by atoms with E-state index in [4.69, 9.17) is 4.74 Å². The van der Waals surface area contributed by atoms with Crippen LogP contribution in [-0.2, 0) is 14.6 Å². The lowest BCUT2D eigenvalue weighted by Crippen LogP contribution is -2.68. The quantitative estimate of drug-likeness (QED) is 0.226. The van der Waals surface area contributed by atoms with Gasteiger partial charge in [-0.15, -0.1) is 0 Å². The number of carboxylic acids is 1. The number of rotatable bonds is 10. The fourth-order valence-corrected chi connectivity index (χ4v) is 16.5. The minimum absolute atomic E-state index is 0.00797. The van der Waals surface area contributed by atoms with Crippen molar-refractivity contribution in [3.05, 3.63) is 60.0 Å². The summed E-state index contributed by atoms with van der Waals surface area (Å²) in [5, 5.41) is 14.7. The summed E-state index contributed by atoms with van der Waals surface area (Å²) in [5.41, 5.74) is 4.14. The maximum Gasteiger partial charge on any atom is 0.313 e. The highest BCUT2D eigenvalue weighted by Crippen LogP contribution is 2.76. The van der Waals surface area contributed by atoms with E-state index in [0.29, 0.717) is 72.8 Å². The average molecular weight is 802 g/mol. The summed E-state index contributed by atoms with van der Waals surface area (Å²) in [6.45, 7) is 23.3. The number of nitrogens with one attached hydrogen (secondary N) is 1. The number of sulfone groups is 1. The van der Waals surface area contributed by atoms with Gasteiger partial charge in [-0.25, -0.2) is 8.42 Å². The number of ether oxygens (including phenoxy) is 1. The zero-order valence-corrected chi connectivity index (χ0v) is 36.7. The van der Waals surface area contributed by atoms with Gasteiger partial charge in [0, 0.05) is 37.9 Å². The number of allylic oxidation sites excluding steroid dienone is 5. The Balaban J connectivity index is 1.01. The predicted octanol–water partition coefficient (Wildman–Crippen LogP) is 8.91. The molecular formula is C48H71N3O5S. The summed E-state index contributed by atoms with van der Waals surface area (Å²) >= 11 is 0. The standard InChI is InChI=1S/C48H71N3O5S/c1-33(2)36-14-21-48(50-25-26-51-27-29-57(54,55)30-28-51)23-22-45(6)38(41(36)48)10-11-40-44(5)17-15-37(43(3,4)39(44)16-18-46(40,45)7)34-12-19-47(20-13-34,42(52)53)32-56-35-9-8-24-49-31-35/h8-9,12,15,24,31,36,38-41,50H,1,10-11,13-14,16-23,25-30,32H2,2-7H3,(H,52,53)/t36?,38-,39+,40-,41-,44+,45-,46-,47?,48+/m1/s1. The first-order chi connectivity index (χ1) is 26.9. The van der Waals surface area contributed by atoms with Gasteiger partial charge >= 0.3 is 5.97 Å². The fraction of sp³-hybridized carbons (Fsp3) is 0.750. The lowest BCUT2D eigenvalue weighted by Gasteiger charge is -2.72. The molecular weight excluding hydrogens is 731 g/mol. The van der Waals surface area contributed by atoms with Gasteiger partial charge in [0.2, 0.25) is 0 Å². The third-order valence-electron chi connectivity index (χ3n) is 18.5. The van der Waals surface area contributed by atoms with E-state index in [1.54, 1.807) is 12.4 Å². The Labute approximate surface area is 343 Å². The van der Waals surface area contributed by atoms with Crippen LogP contribution in [0.15, 0.2) is 60.0 Å². The molecule has 314 valence electrons. The topological polar surface area (TPSA) is 109 Å². The Hall–Kier alpha value is -2.49. The first kappa shape index (κ1) is 41.3. The largest absolute Gasteiger partial charge is 0.491 e. The van der Waals surface area contributed by atoms with Gasteiger partial charge in [-0.3, -0.25) is 9.78 Å². The van der Waals surface area contributed by atoms with Crippen molar-refractivity contribution in [3.8, 4) is 5.75 Å². The van der Waals surface area contributed by atoms with Crippen LogP contribution >= 0.6 is 0 Å². The molecule has 0 aromatic carbocycles. The Morgan fingerprint density at radius 2 is 1.74 bits per heavy atom. The molecule has 0 bridgehead atoms. The van der Waals surface area contributed by atoms with Crippen LogP contribution in [0.2, 0.25) is 0 Å². The Kier molecular flexibility index (Phi) is 10.6. The second-order valence-corrected chi connectivity index (χ2v) is 23.6. The molecule has 2 unspecified atom stereocenters. The summed E-state index contributed by atoms with van der Waals surface area (Å²) < 4.78 is 30.2. The third kappa shape index (κ3) is 6.71. The van der Waals surface area contributed by atoms with Crippen LogP contribution in [-0.4, -0.2) is 79.2 Å². The highest BCUT2D eigenvalue weighted by atomic mass is 32.2. The molecule has 6 aliphatic carbocycles. The van der Waals surface area contributed by atoms with E-state index >= 15 is 0 Å². The van der Waals surface area contributed by atoms with E-state index in [0.717, 1.165) is 25.9 Å². The van der Waals surface area contributed by atoms with Crippen LogP contribution in [0.4, 0.5) is 0 Å². The molecule has 9 heteroatoms. The Bertz CT molecular complexity index is 1900. The number of aliphatic carboxylic acids is 1. The van der Waals surface area contributed by atoms with Crippen molar-refractivity contribution in [1.29, 1.82) is 0 Å². The van der Waals surface area contributed by atoms with Gasteiger partial charge < -0.3 is 20.1 Å². The highest BCUT2D eigenvalue weighted by molar-refractivity contribution is 7.91. The molecule has 0 radical (unpaired) electrons. The highest BCUT2D eigenvalue weighted by Gasteiger charge is 2.70. The molecule has 1 aliphatic heterocycles. The molecule has 0 spiro atoms. The molecule has 2 heterocycles. The number of fused-ring (bicyclic) bond motifs is 7. The zero-order chi connectivity index (χ0) is 40.6. The van der Waals surface area contributed by atoms with E-state index < -0.39 is 21.2 Å². The SMILES string of the molecule is C=C(C)C1CC[C@]2(NCCN3CCS(=O)(=O)CC3)CC[C@]3(C)[C@H](CC[C@@H]4[C@@]5(C)CC=C(C6=CCC(COc7cccnc7)(C(=O)O)CC6)C(C)(C)[C@@H]5CC[C@]43C)[C@@H]12. The molecule has 2 N–H and O–H groups in total. The monoisotopic (exact) mass is 802 g/mol. The van der Waals surface area contributed by atoms with Crippen LogP contribution in [0.3, 0.4) is 0 Å². The molecule has 8 nitrogen and oxygen atoms in total. The molecule has 1 aromatic rings. The smallest absolute Gasteiger partial charge is 0.313 e. The number of hydrogen-bond donors (Lipinski definition) is 2. The van der Waals surface area contributed by atoms with E-state index in [-0.39, 0.29) is 33.8 Å². The van der Waals surface area contributed by atoms with E-state index in [2.05, 4.69) is 75.5 Å². The number of carboxylic acid groups (broad SMARTS) is 1. The molecule has 4 saturated carbocycles.